The standard InChI is InChI=1S/C29H39Cl2N5O7S/c1-28(2,3)43-27(40)36(26(32)39)23-11-8-6-4-5-7-10-18-17-29(18,33-24(37)22-12-9-15-35(22)25(23)38)44(41,42)34-19-13-14-20(30)21(31)16-19/h7,10,13-14,16,18,22-23,34H,4-6,8-9,11-12,15,17H2,1-3H3,(H2,32,39)(H,33,37)/b10-7-/t18-,22+,23+,29-/m1/s1. The van der Waals surface area contributed by atoms with Gasteiger partial charge in [-0.15, -0.1) is 0 Å². The number of fused-ring (bicyclic) bond motifs is 2. The smallest absolute Gasteiger partial charge is 0.419 e. The monoisotopic (exact) mass is 671 g/mol. The summed E-state index contributed by atoms with van der Waals surface area (Å²) in [4.78, 5) is 53.7. The summed E-state index contributed by atoms with van der Waals surface area (Å²) < 4.78 is 35.5. The molecule has 4 atom stereocenters. The average molecular weight is 673 g/mol. The highest BCUT2D eigenvalue weighted by molar-refractivity contribution is 7.94. The number of sulfonamides is 1. The summed E-state index contributed by atoms with van der Waals surface area (Å²) in [5.74, 6) is -1.78. The van der Waals surface area contributed by atoms with Gasteiger partial charge in [0.05, 0.1) is 15.7 Å². The van der Waals surface area contributed by atoms with Gasteiger partial charge in [-0.25, -0.2) is 22.9 Å². The first kappa shape index (κ1) is 33.9. The van der Waals surface area contributed by atoms with Crippen LogP contribution in [0.4, 0.5) is 15.3 Å². The van der Waals surface area contributed by atoms with E-state index in [1.54, 1.807) is 26.8 Å². The van der Waals surface area contributed by atoms with Crippen LogP contribution < -0.4 is 15.8 Å². The summed E-state index contributed by atoms with van der Waals surface area (Å²) >= 11 is 12.1. The highest BCUT2D eigenvalue weighted by Crippen LogP contribution is 2.50. The van der Waals surface area contributed by atoms with Crippen molar-refractivity contribution in [3.8, 4) is 0 Å². The fourth-order valence-electron chi connectivity index (χ4n) is 5.69. The maximum Gasteiger partial charge on any atom is 0.419 e. The predicted octanol–water partition coefficient (Wildman–Crippen LogP) is 4.76. The highest BCUT2D eigenvalue weighted by Gasteiger charge is 2.64. The number of halogens is 2. The molecule has 0 spiro atoms. The Hall–Kier alpha value is -3.03. The van der Waals surface area contributed by atoms with Gasteiger partial charge in [0, 0.05) is 12.5 Å². The molecule has 1 saturated heterocycles. The number of nitrogens with one attached hydrogen (secondary N) is 2. The van der Waals surface area contributed by atoms with Gasteiger partial charge in [-0.3, -0.25) is 14.3 Å². The number of rotatable bonds is 4. The van der Waals surface area contributed by atoms with Gasteiger partial charge < -0.3 is 20.7 Å². The van der Waals surface area contributed by atoms with Crippen LogP contribution in [0.3, 0.4) is 0 Å². The van der Waals surface area contributed by atoms with Crippen molar-refractivity contribution < 1.29 is 32.3 Å². The van der Waals surface area contributed by atoms with Gasteiger partial charge >= 0.3 is 12.1 Å². The molecule has 3 aliphatic rings. The number of allylic oxidation sites excluding steroid dienone is 1. The number of benzene rings is 1. The fraction of sp³-hybridized carbons (Fsp3) is 0.586. The Balaban J connectivity index is 1.65. The number of carbonyl (C=O) groups is 4. The second kappa shape index (κ2) is 13.1. The Morgan fingerprint density at radius 3 is 2.50 bits per heavy atom. The van der Waals surface area contributed by atoms with Crippen LogP contribution in [-0.4, -0.2) is 71.3 Å². The molecule has 0 radical (unpaired) electrons. The number of urea groups is 1. The van der Waals surface area contributed by atoms with E-state index in [4.69, 9.17) is 33.7 Å². The van der Waals surface area contributed by atoms with Crippen LogP contribution >= 0.6 is 23.2 Å². The third-order valence-electron chi connectivity index (χ3n) is 7.93. The lowest BCUT2D eigenvalue weighted by molar-refractivity contribution is -0.142. The van der Waals surface area contributed by atoms with Crippen LogP contribution in [-0.2, 0) is 24.3 Å². The molecular weight excluding hydrogens is 633 g/mol. The minimum Gasteiger partial charge on any atom is -0.443 e. The first-order chi connectivity index (χ1) is 20.6. The molecule has 44 heavy (non-hydrogen) atoms. The number of ether oxygens (including phenoxy) is 1. The lowest BCUT2D eigenvalue weighted by atomic mass is 10.0. The molecule has 2 fully saturated rings. The summed E-state index contributed by atoms with van der Waals surface area (Å²) in [5.41, 5.74) is 4.83. The van der Waals surface area contributed by atoms with Crippen molar-refractivity contribution in [1.29, 1.82) is 0 Å². The summed E-state index contributed by atoms with van der Waals surface area (Å²) in [7, 11) is -4.21. The molecule has 4 N–H and O–H groups in total. The number of anilines is 1. The number of hydrogen-bond donors (Lipinski definition) is 3. The molecule has 242 valence electrons. The summed E-state index contributed by atoms with van der Waals surface area (Å²) in [6, 6.07) is 0.857. The molecule has 0 unspecified atom stereocenters. The second-order valence-electron chi connectivity index (χ2n) is 12.4. The number of carbonyl (C=O) groups excluding carboxylic acids is 4. The molecule has 1 aromatic carbocycles. The Kier molecular flexibility index (Phi) is 10.1. The molecule has 1 aromatic rings. The Morgan fingerprint density at radius 1 is 1.11 bits per heavy atom. The molecule has 4 rings (SSSR count). The first-order valence-electron chi connectivity index (χ1n) is 14.6. The van der Waals surface area contributed by atoms with Gasteiger partial charge in [-0.05, 0) is 77.5 Å². The van der Waals surface area contributed by atoms with E-state index in [1.165, 1.54) is 23.1 Å². The van der Waals surface area contributed by atoms with Crippen molar-refractivity contribution in [3.63, 3.8) is 0 Å². The third-order valence-corrected chi connectivity index (χ3v) is 10.7. The number of imide groups is 1. The molecular formula is C29H39Cl2N5O7S. The zero-order valence-corrected chi connectivity index (χ0v) is 27.3. The van der Waals surface area contributed by atoms with Gasteiger partial charge in [0.25, 0.3) is 10.0 Å². The van der Waals surface area contributed by atoms with Crippen LogP contribution in [0.25, 0.3) is 0 Å². The second-order valence-corrected chi connectivity index (χ2v) is 15.1. The molecule has 2 heterocycles. The van der Waals surface area contributed by atoms with E-state index in [2.05, 4.69) is 10.0 Å². The van der Waals surface area contributed by atoms with Crippen molar-refractivity contribution in [3.05, 3.63) is 40.4 Å². The zero-order chi connectivity index (χ0) is 32.4. The lowest BCUT2D eigenvalue weighted by Gasteiger charge is -2.34. The zero-order valence-electron chi connectivity index (χ0n) is 25.0. The van der Waals surface area contributed by atoms with Crippen LogP contribution in [0, 0.1) is 5.92 Å². The van der Waals surface area contributed by atoms with E-state index >= 15 is 0 Å². The lowest BCUT2D eigenvalue weighted by Crippen LogP contribution is -2.59. The molecule has 2 aliphatic heterocycles. The minimum absolute atomic E-state index is 0.128. The van der Waals surface area contributed by atoms with Gasteiger partial charge in [-0.2, -0.15) is 0 Å². The van der Waals surface area contributed by atoms with E-state index in [0.717, 1.165) is 0 Å². The van der Waals surface area contributed by atoms with Crippen molar-refractivity contribution in [2.24, 2.45) is 11.7 Å². The number of nitrogens with two attached hydrogens (primary N) is 1. The number of primary amides is 1. The Labute approximate surface area is 267 Å². The van der Waals surface area contributed by atoms with Gasteiger partial charge in [0.15, 0.2) is 4.87 Å². The summed E-state index contributed by atoms with van der Waals surface area (Å²) in [5, 5.41) is 3.16. The van der Waals surface area contributed by atoms with Crippen molar-refractivity contribution >= 4 is 62.9 Å². The normalized spacial score (nSPS) is 27.1. The van der Waals surface area contributed by atoms with Crippen LogP contribution in [0.15, 0.2) is 30.4 Å². The minimum atomic E-state index is -4.21. The average Bonchev–Trinajstić information content (AvgIpc) is 3.39. The SMILES string of the molecule is CC(C)(C)OC(=O)N(C(N)=O)[C@H]1CCCCC/C=C\[C@@H]2C[C@]2(S(=O)(=O)Nc2ccc(Cl)c(Cl)c2)NC(=O)[C@@H]2CCCN2C1=O. The highest BCUT2D eigenvalue weighted by atomic mass is 35.5. The number of amides is 5. The molecule has 0 aromatic heterocycles. The van der Waals surface area contributed by atoms with Crippen molar-refractivity contribution in [1.82, 2.24) is 15.1 Å². The van der Waals surface area contributed by atoms with E-state index in [9.17, 15) is 27.6 Å². The Bertz CT molecular complexity index is 1450. The molecule has 0 bridgehead atoms. The number of nitrogens with zero attached hydrogens (tertiary/aromatic N) is 2. The van der Waals surface area contributed by atoms with Gasteiger partial charge in [-0.1, -0.05) is 48.2 Å². The Morgan fingerprint density at radius 2 is 1.84 bits per heavy atom. The van der Waals surface area contributed by atoms with E-state index in [-0.39, 0.29) is 41.5 Å². The quantitative estimate of drug-likeness (QED) is 0.388. The third kappa shape index (κ3) is 7.43. The van der Waals surface area contributed by atoms with Crippen LogP contribution in [0.5, 0.6) is 0 Å². The van der Waals surface area contributed by atoms with Crippen LogP contribution in [0.2, 0.25) is 10.0 Å². The number of hydrogen-bond acceptors (Lipinski definition) is 7. The molecule has 1 saturated carbocycles. The van der Waals surface area contributed by atoms with Crippen molar-refractivity contribution in [2.45, 2.75) is 94.7 Å². The molecule has 1 aliphatic carbocycles. The first-order valence-corrected chi connectivity index (χ1v) is 16.9. The topological polar surface area (TPSA) is 168 Å². The van der Waals surface area contributed by atoms with E-state index < -0.39 is 62.4 Å². The molecule has 12 nitrogen and oxygen atoms in total. The predicted molar refractivity (Wildman–Crippen MR) is 166 cm³/mol. The summed E-state index contributed by atoms with van der Waals surface area (Å²) in [6.07, 6.45) is 6.12. The molecule has 15 heteroatoms. The molecule has 5 amide bonds. The maximum absolute atomic E-state index is 14.0. The van der Waals surface area contributed by atoms with Crippen LogP contribution in [0.1, 0.15) is 72.1 Å². The maximum atomic E-state index is 14.0. The largest absolute Gasteiger partial charge is 0.443 e. The van der Waals surface area contributed by atoms with Crippen molar-refractivity contribution in [2.75, 3.05) is 11.3 Å². The van der Waals surface area contributed by atoms with E-state index in [0.29, 0.717) is 37.0 Å². The summed E-state index contributed by atoms with van der Waals surface area (Å²) in [6.45, 7) is 5.06. The van der Waals surface area contributed by atoms with Gasteiger partial charge in [0.2, 0.25) is 11.8 Å². The fourth-order valence-corrected chi connectivity index (χ4v) is 7.71. The van der Waals surface area contributed by atoms with Gasteiger partial charge in [0.1, 0.15) is 17.7 Å². The van der Waals surface area contributed by atoms with E-state index in [1.807, 2.05) is 6.08 Å².